The first kappa shape index (κ1) is 37.8. The molecule has 0 N–H and O–H groups in total. The van der Waals surface area contributed by atoms with Gasteiger partial charge in [0.15, 0.2) is 8.07 Å². The number of para-hydroxylation sites is 3. The van der Waals surface area contributed by atoms with E-state index < -0.39 is 8.07 Å². The quantitative estimate of drug-likeness (QED) is 0.116. The summed E-state index contributed by atoms with van der Waals surface area (Å²) in [4.78, 5) is 0. The van der Waals surface area contributed by atoms with Gasteiger partial charge in [0.05, 0.1) is 50.4 Å². The maximum atomic E-state index is 9.85. The zero-order chi connectivity index (χ0) is 43.8. The fourth-order valence-electron chi connectivity index (χ4n) is 11.1. The highest BCUT2D eigenvalue weighted by Crippen LogP contribution is 2.41. The second kappa shape index (κ2) is 15.0. The van der Waals surface area contributed by atoms with Gasteiger partial charge in [0.2, 0.25) is 0 Å². The van der Waals surface area contributed by atoms with E-state index in [1.54, 1.807) is 0 Å². The summed E-state index contributed by atoms with van der Waals surface area (Å²) in [6.07, 6.45) is 0. The van der Waals surface area contributed by atoms with Crippen molar-refractivity contribution < 1.29 is 0 Å². The minimum atomic E-state index is -2.70. The summed E-state index contributed by atoms with van der Waals surface area (Å²) in [5.74, 6) is 0. The Balaban J connectivity index is 1.03. The van der Waals surface area contributed by atoms with Crippen molar-refractivity contribution >= 4 is 94.2 Å². The number of hydrogen-bond donors (Lipinski definition) is 0. The van der Waals surface area contributed by atoms with Crippen LogP contribution in [0.4, 0.5) is 0 Å². The fraction of sp³-hybridized carbons (Fsp3) is 0. The van der Waals surface area contributed by atoms with E-state index in [-0.39, 0.29) is 0 Å². The van der Waals surface area contributed by atoms with Gasteiger partial charge in [-0.2, -0.15) is 5.26 Å². The van der Waals surface area contributed by atoms with Crippen LogP contribution < -0.4 is 20.7 Å². The van der Waals surface area contributed by atoms with E-state index in [0.29, 0.717) is 5.56 Å². The van der Waals surface area contributed by atoms with Crippen LogP contribution in [0.3, 0.4) is 0 Å². The van der Waals surface area contributed by atoms with Crippen LogP contribution in [0.25, 0.3) is 82.5 Å². The summed E-state index contributed by atoms with van der Waals surface area (Å²) >= 11 is 0. The predicted molar refractivity (Wildman–Crippen MR) is 278 cm³/mol. The fourth-order valence-corrected chi connectivity index (χ4v) is 15.8. The van der Waals surface area contributed by atoms with E-state index >= 15 is 0 Å². The van der Waals surface area contributed by atoms with Gasteiger partial charge in [0, 0.05) is 43.7 Å². The molecule has 4 nitrogen and oxygen atoms in total. The van der Waals surface area contributed by atoms with Crippen molar-refractivity contribution in [3.05, 3.63) is 248 Å². The van der Waals surface area contributed by atoms with Gasteiger partial charge in [-0.3, -0.25) is 0 Å². The number of nitrogens with zero attached hydrogens (tertiary/aromatic N) is 4. The topological polar surface area (TPSA) is 38.6 Å². The SMILES string of the molecule is N#Cc1ccc2c(c1)c1ccccc1n2-c1cccc2c1c1ccccc1n2-c1ccc2c3ccccc3n(-c3ccc([Si](c4ccccc4)(c4ccccc4)c4ccccc4)cc3)c2c1. The highest BCUT2D eigenvalue weighted by molar-refractivity contribution is 7.19. The molecule has 5 heteroatoms. The van der Waals surface area contributed by atoms with Gasteiger partial charge < -0.3 is 13.7 Å². The number of nitriles is 1. The van der Waals surface area contributed by atoms with Crippen LogP contribution in [0.1, 0.15) is 5.56 Å². The van der Waals surface area contributed by atoms with Crippen LogP contribution in [0.2, 0.25) is 0 Å². The van der Waals surface area contributed by atoms with E-state index in [2.05, 4.69) is 250 Å². The molecule has 0 radical (unpaired) electrons. The molecule has 0 bridgehead atoms. The normalized spacial score (nSPS) is 11.9. The summed E-state index contributed by atoms with van der Waals surface area (Å²) in [6, 6.07) is 91.0. The van der Waals surface area contributed by atoms with E-state index in [4.69, 9.17) is 0 Å². The average Bonchev–Trinajstić information content (AvgIpc) is 4.03. The zero-order valence-electron chi connectivity index (χ0n) is 35.9. The molecule has 3 aromatic heterocycles. The molecule has 10 aromatic carbocycles. The summed E-state index contributed by atoms with van der Waals surface area (Å²) in [5.41, 5.74) is 10.8. The van der Waals surface area contributed by atoms with Crippen molar-refractivity contribution in [2.45, 2.75) is 0 Å². The maximum absolute atomic E-state index is 9.85. The molecule has 0 aliphatic heterocycles. The third-order valence-electron chi connectivity index (χ3n) is 13.8. The number of hydrogen-bond acceptors (Lipinski definition) is 1. The Morgan fingerprint density at radius 3 is 1.38 bits per heavy atom. The summed E-state index contributed by atoms with van der Waals surface area (Å²) in [5, 5.41) is 22.3. The molecule has 0 aliphatic carbocycles. The maximum Gasteiger partial charge on any atom is 0.179 e. The van der Waals surface area contributed by atoms with Crippen molar-refractivity contribution in [3.63, 3.8) is 0 Å². The third-order valence-corrected chi connectivity index (χ3v) is 18.6. The summed E-state index contributed by atoms with van der Waals surface area (Å²) < 4.78 is 7.25. The van der Waals surface area contributed by atoms with Crippen LogP contribution in [0, 0.1) is 11.3 Å². The van der Waals surface area contributed by atoms with Crippen molar-refractivity contribution in [3.8, 4) is 23.1 Å². The van der Waals surface area contributed by atoms with Crippen molar-refractivity contribution in [1.29, 1.82) is 5.26 Å². The lowest BCUT2D eigenvalue weighted by Gasteiger charge is -2.34. The Morgan fingerprint density at radius 1 is 0.303 bits per heavy atom. The molecular weight excluding hydrogens is 817 g/mol. The molecule has 13 aromatic rings. The molecule has 0 spiro atoms. The first-order chi connectivity index (χ1) is 32.7. The third kappa shape index (κ3) is 5.49. The van der Waals surface area contributed by atoms with Crippen LogP contribution in [-0.4, -0.2) is 21.8 Å². The molecular formula is C61H40N4Si. The van der Waals surface area contributed by atoms with Crippen LogP contribution in [0.15, 0.2) is 243 Å². The highest BCUT2D eigenvalue weighted by atomic mass is 28.3. The minimum Gasteiger partial charge on any atom is -0.309 e. The van der Waals surface area contributed by atoms with Crippen LogP contribution in [0.5, 0.6) is 0 Å². The van der Waals surface area contributed by atoms with Gasteiger partial charge in [-0.25, -0.2) is 0 Å². The molecule has 0 saturated heterocycles. The molecule has 13 rings (SSSR count). The van der Waals surface area contributed by atoms with Crippen molar-refractivity contribution in [1.82, 2.24) is 13.7 Å². The molecule has 0 aliphatic rings. The number of fused-ring (bicyclic) bond motifs is 9. The average molecular weight is 857 g/mol. The van der Waals surface area contributed by atoms with E-state index in [1.807, 2.05) is 12.1 Å². The van der Waals surface area contributed by atoms with Gasteiger partial charge in [0.1, 0.15) is 0 Å². The number of benzene rings is 10. The van der Waals surface area contributed by atoms with Crippen LogP contribution >= 0.6 is 0 Å². The van der Waals surface area contributed by atoms with Crippen LogP contribution in [-0.2, 0) is 0 Å². The molecule has 66 heavy (non-hydrogen) atoms. The lowest BCUT2D eigenvalue weighted by Crippen LogP contribution is -2.74. The summed E-state index contributed by atoms with van der Waals surface area (Å²) in [7, 11) is -2.70. The first-order valence-corrected chi connectivity index (χ1v) is 24.5. The Morgan fingerprint density at radius 2 is 0.758 bits per heavy atom. The second-order valence-electron chi connectivity index (χ2n) is 17.2. The van der Waals surface area contributed by atoms with Crippen molar-refractivity contribution in [2.24, 2.45) is 0 Å². The van der Waals surface area contributed by atoms with Gasteiger partial charge in [-0.15, -0.1) is 0 Å². The predicted octanol–water partition coefficient (Wildman–Crippen LogP) is 12.2. The lowest BCUT2D eigenvalue weighted by atomic mass is 10.1. The molecule has 0 saturated carbocycles. The van der Waals surface area contributed by atoms with E-state index in [1.165, 1.54) is 47.8 Å². The molecule has 308 valence electrons. The van der Waals surface area contributed by atoms with E-state index in [0.717, 1.165) is 55.4 Å². The van der Waals surface area contributed by atoms with Gasteiger partial charge in [-0.1, -0.05) is 170 Å². The molecule has 0 unspecified atom stereocenters. The second-order valence-corrected chi connectivity index (χ2v) is 21.0. The molecule has 0 atom stereocenters. The van der Waals surface area contributed by atoms with Gasteiger partial charge >= 0.3 is 0 Å². The number of aromatic nitrogens is 3. The van der Waals surface area contributed by atoms with Crippen molar-refractivity contribution in [2.75, 3.05) is 0 Å². The monoisotopic (exact) mass is 856 g/mol. The smallest absolute Gasteiger partial charge is 0.179 e. The molecule has 3 heterocycles. The lowest BCUT2D eigenvalue weighted by molar-refractivity contribution is 1.15. The standard InChI is InChI=1S/C61H40N4Si/c62-41-42-31-38-57-53(39-42)50-24-11-14-27-55(50)65(57)59-30-16-29-58-61(59)52-25-12-15-28-56(52)64(58)44-34-37-51-49-23-10-13-26-54(49)63(60(51)40-44)43-32-35-48(36-33-43)66(45-17-4-1-5-18-45,46-19-6-2-7-20-46)47-21-8-3-9-22-47/h1-40H. The Kier molecular flexibility index (Phi) is 8.57. The zero-order valence-corrected chi connectivity index (χ0v) is 36.9. The molecule has 0 fully saturated rings. The highest BCUT2D eigenvalue weighted by Gasteiger charge is 2.41. The largest absolute Gasteiger partial charge is 0.309 e. The first-order valence-electron chi connectivity index (χ1n) is 22.5. The molecule has 0 amide bonds. The van der Waals surface area contributed by atoms with Gasteiger partial charge in [-0.05, 0) is 93.5 Å². The Hall–Kier alpha value is -8.69. The van der Waals surface area contributed by atoms with E-state index in [9.17, 15) is 5.26 Å². The minimum absolute atomic E-state index is 0.658. The Labute approximate surface area is 382 Å². The Bertz CT molecular complexity index is 3950. The van der Waals surface area contributed by atoms with Gasteiger partial charge in [0.25, 0.3) is 0 Å². The summed E-state index contributed by atoms with van der Waals surface area (Å²) in [6.45, 7) is 0. The number of rotatable bonds is 7.